The van der Waals surface area contributed by atoms with Crippen LogP contribution in [0.1, 0.15) is 12.0 Å². The van der Waals surface area contributed by atoms with E-state index >= 15 is 0 Å². The van der Waals surface area contributed by atoms with Crippen LogP contribution in [0.2, 0.25) is 5.02 Å². The highest BCUT2D eigenvalue weighted by Crippen LogP contribution is 2.30. The first kappa shape index (κ1) is 23.0. The van der Waals surface area contributed by atoms with E-state index in [0.29, 0.717) is 50.2 Å². The minimum absolute atomic E-state index is 0.171. The molecule has 6 nitrogen and oxygen atoms in total. The second-order valence-corrected chi connectivity index (χ2v) is 7.76. The molecule has 0 spiro atoms. The van der Waals surface area contributed by atoms with Gasteiger partial charge in [-0.1, -0.05) is 11.6 Å². The quantitative estimate of drug-likeness (QED) is 0.518. The van der Waals surface area contributed by atoms with Crippen molar-refractivity contribution in [2.45, 2.75) is 12.6 Å². The van der Waals surface area contributed by atoms with Crippen LogP contribution in [0.4, 0.5) is 33.5 Å². The largest absolute Gasteiger partial charge is 0.417 e. The number of anilines is 2. The minimum Gasteiger partial charge on any atom is -0.367 e. The van der Waals surface area contributed by atoms with Gasteiger partial charge >= 0.3 is 6.18 Å². The summed E-state index contributed by atoms with van der Waals surface area (Å²) in [7, 11) is 0. The third kappa shape index (κ3) is 4.77. The van der Waals surface area contributed by atoms with Gasteiger partial charge in [0.15, 0.2) is 5.82 Å². The number of halogens is 6. The van der Waals surface area contributed by atoms with Gasteiger partial charge in [0, 0.05) is 38.4 Å². The fraction of sp³-hybridized carbons (Fsp3) is 0.286. The first-order valence-electron chi connectivity index (χ1n) is 9.91. The van der Waals surface area contributed by atoms with Gasteiger partial charge in [0.1, 0.15) is 22.3 Å². The molecule has 1 aliphatic rings. The molecule has 0 aliphatic carbocycles. The summed E-state index contributed by atoms with van der Waals surface area (Å²) in [6.07, 6.45) is -1.71. The van der Waals surface area contributed by atoms with Crippen molar-refractivity contribution in [3.63, 3.8) is 0 Å². The molecule has 0 radical (unpaired) electrons. The molecule has 3 aromatic rings. The van der Waals surface area contributed by atoms with Crippen LogP contribution in [0.5, 0.6) is 0 Å². The van der Waals surface area contributed by atoms with Crippen LogP contribution in [0.25, 0.3) is 5.69 Å². The highest BCUT2D eigenvalue weighted by Gasteiger charge is 2.31. The molecule has 1 saturated heterocycles. The minimum atomic E-state index is -4.46. The Balaban J connectivity index is 1.53. The van der Waals surface area contributed by atoms with Crippen LogP contribution in [0.3, 0.4) is 0 Å². The zero-order valence-corrected chi connectivity index (χ0v) is 17.7. The first-order valence-corrected chi connectivity index (χ1v) is 10.3. The first-order chi connectivity index (χ1) is 15.6. The molecule has 1 fully saturated rings. The number of benzene rings is 1. The van der Waals surface area contributed by atoms with Crippen molar-refractivity contribution < 1.29 is 22.0 Å². The van der Waals surface area contributed by atoms with E-state index in [1.54, 1.807) is 0 Å². The molecule has 1 aromatic carbocycles. The number of pyridine rings is 1. The van der Waals surface area contributed by atoms with Crippen LogP contribution in [-0.2, 0) is 6.18 Å². The normalized spacial score (nSPS) is 15.0. The Morgan fingerprint density at radius 3 is 2.30 bits per heavy atom. The van der Waals surface area contributed by atoms with Crippen LogP contribution < -0.4 is 15.4 Å². The highest BCUT2D eigenvalue weighted by atomic mass is 35.5. The van der Waals surface area contributed by atoms with Gasteiger partial charge in [0.25, 0.3) is 5.56 Å². The maximum atomic E-state index is 14.1. The van der Waals surface area contributed by atoms with Crippen molar-refractivity contribution in [1.82, 2.24) is 14.8 Å². The maximum Gasteiger partial charge on any atom is 0.417 e. The van der Waals surface area contributed by atoms with E-state index in [1.165, 1.54) is 12.3 Å². The predicted octanol–water partition coefficient (Wildman–Crippen LogP) is 4.29. The van der Waals surface area contributed by atoms with Crippen LogP contribution in [0.15, 0.2) is 47.5 Å². The van der Waals surface area contributed by atoms with Crippen molar-refractivity contribution in [2.24, 2.45) is 0 Å². The summed E-state index contributed by atoms with van der Waals surface area (Å²) < 4.78 is 66.3. The molecule has 3 heterocycles. The molecule has 2 aromatic heterocycles. The zero-order valence-electron chi connectivity index (χ0n) is 17.0. The van der Waals surface area contributed by atoms with Gasteiger partial charge in [-0.3, -0.25) is 4.79 Å². The number of hydrogen-bond donors (Lipinski definition) is 0. The van der Waals surface area contributed by atoms with Crippen molar-refractivity contribution in [3.8, 4) is 5.69 Å². The second-order valence-electron chi connectivity index (χ2n) is 7.39. The Hall–Kier alpha value is -3.21. The Kier molecular flexibility index (Phi) is 6.24. The summed E-state index contributed by atoms with van der Waals surface area (Å²) in [5.74, 6) is -1.33. The van der Waals surface area contributed by atoms with Crippen molar-refractivity contribution in [1.29, 1.82) is 0 Å². The topological polar surface area (TPSA) is 54.3 Å². The molecule has 4 rings (SSSR count). The fourth-order valence-corrected chi connectivity index (χ4v) is 3.85. The number of rotatable bonds is 3. The summed E-state index contributed by atoms with van der Waals surface area (Å²) in [5.41, 5.74) is -1.46. The van der Waals surface area contributed by atoms with E-state index < -0.39 is 28.9 Å². The summed E-state index contributed by atoms with van der Waals surface area (Å²) in [6, 6.07) is 5.05. The van der Waals surface area contributed by atoms with Crippen molar-refractivity contribution in [2.75, 3.05) is 36.0 Å². The number of nitrogens with zero attached hydrogens (tertiary/aromatic N) is 5. The molecule has 174 valence electrons. The molecule has 0 amide bonds. The highest BCUT2D eigenvalue weighted by molar-refractivity contribution is 6.33. The molecular weight excluding hydrogens is 469 g/mol. The smallest absolute Gasteiger partial charge is 0.367 e. The molecule has 0 N–H and O–H groups in total. The Bertz CT molecular complexity index is 1220. The molecule has 0 saturated carbocycles. The summed E-state index contributed by atoms with van der Waals surface area (Å²) >= 11 is 6.29. The lowest BCUT2D eigenvalue weighted by Gasteiger charge is -2.25. The van der Waals surface area contributed by atoms with Crippen LogP contribution in [-0.4, -0.2) is 40.9 Å². The van der Waals surface area contributed by atoms with E-state index in [9.17, 15) is 26.7 Å². The summed E-state index contributed by atoms with van der Waals surface area (Å²) in [5, 5.41) is 3.83. The number of alkyl halides is 3. The predicted molar refractivity (Wildman–Crippen MR) is 113 cm³/mol. The standard InChI is InChI=1S/C21H17ClF5N5O/c22-19-17(12-29-32(20(19)33)16-4-3-14(23)10-15(16)24)30-6-1-7-31(9-8-30)18-5-2-13(11-28-18)21(25,26)27/h2-5,10-12H,1,6-9H2. The average Bonchev–Trinajstić information content (AvgIpc) is 3.02. The lowest BCUT2D eigenvalue weighted by Crippen LogP contribution is -2.33. The second kappa shape index (κ2) is 8.97. The number of hydrogen-bond acceptors (Lipinski definition) is 5. The third-order valence-electron chi connectivity index (χ3n) is 5.27. The summed E-state index contributed by atoms with van der Waals surface area (Å²) in [6.45, 7) is 1.87. The fourth-order valence-electron chi connectivity index (χ4n) is 3.60. The van der Waals surface area contributed by atoms with Gasteiger partial charge in [-0.25, -0.2) is 13.8 Å². The van der Waals surface area contributed by atoms with Crippen LogP contribution >= 0.6 is 11.6 Å². The monoisotopic (exact) mass is 485 g/mol. The summed E-state index contributed by atoms with van der Waals surface area (Å²) in [4.78, 5) is 20.3. The zero-order chi connectivity index (χ0) is 23.8. The van der Waals surface area contributed by atoms with E-state index in [4.69, 9.17) is 11.6 Å². The Morgan fingerprint density at radius 1 is 0.909 bits per heavy atom. The molecular formula is C21H17ClF5N5O. The van der Waals surface area contributed by atoms with Crippen LogP contribution in [0, 0.1) is 11.6 Å². The van der Waals surface area contributed by atoms with E-state index in [2.05, 4.69) is 10.1 Å². The molecule has 1 aliphatic heterocycles. The Labute approximate surface area is 189 Å². The maximum absolute atomic E-state index is 14.1. The van der Waals surface area contributed by atoms with E-state index in [0.717, 1.165) is 29.1 Å². The van der Waals surface area contributed by atoms with E-state index in [1.807, 2.05) is 9.80 Å². The average molecular weight is 486 g/mol. The molecule has 12 heteroatoms. The molecule has 0 unspecified atom stereocenters. The van der Waals surface area contributed by atoms with Gasteiger partial charge in [-0.15, -0.1) is 0 Å². The van der Waals surface area contributed by atoms with Crippen molar-refractivity contribution >= 4 is 23.1 Å². The van der Waals surface area contributed by atoms with Gasteiger partial charge < -0.3 is 9.80 Å². The van der Waals surface area contributed by atoms with Gasteiger partial charge in [-0.2, -0.15) is 23.0 Å². The third-order valence-corrected chi connectivity index (χ3v) is 5.63. The van der Waals surface area contributed by atoms with E-state index in [-0.39, 0.29) is 10.7 Å². The van der Waals surface area contributed by atoms with Crippen molar-refractivity contribution in [3.05, 3.63) is 75.3 Å². The molecule has 0 bridgehead atoms. The number of aromatic nitrogens is 3. The Morgan fingerprint density at radius 2 is 1.64 bits per heavy atom. The van der Waals surface area contributed by atoms with Gasteiger partial charge in [0.2, 0.25) is 0 Å². The van der Waals surface area contributed by atoms with Gasteiger partial charge in [0.05, 0.1) is 17.4 Å². The molecule has 33 heavy (non-hydrogen) atoms. The lowest BCUT2D eigenvalue weighted by molar-refractivity contribution is -0.137. The van der Waals surface area contributed by atoms with Gasteiger partial charge in [-0.05, 0) is 30.7 Å². The SMILES string of the molecule is O=c1c(Cl)c(N2CCCN(c3ccc(C(F)(F)F)cn3)CC2)cnn1-c1ccc(F)cc1F. The lowest BCUT2D eigenvalue weighted by atomic mass is 10.2. The molecule has 0 atom stereocenters.